The summed E-state index contributed by atoms with van der Waals surface area (Å²) in [7, 11) is 0. The van der Waals surface area contributed by atoms with E-state index in [9.17, 15) is 9.59 Å². The number of carbonyl (C=O) groups is 2. The van der Waals surface area contributed by atoms with Gasteiger partial charge in [0, 0.05) is 5.56 Å². The van der Waals surface area contributed by atoms with Crippen LogP contribution in [0.4, 0.5) is 0 Å². The van der Waals surface area contributed by atoms with Crippen molar-refractivity contribution in [2.24, 2.45) is 0 Å². The molecular weight excluding hydrogens is 324 g/mol. The number of H-pyrrole nitrogens is 1. The van der Waals surface area contributed by atoms with Crippen molar-refractivity contribution < 1.29 is 9.59 Å². The SMILES string of the molecule is C[C@@H](Sc1nc2ccccc2[nH]1)C(=O)NNC(=O)c1ccccc1. The molecule has 1 aromatic heterocycles. The summed E-state index contributed by atoms with van der Waals surface area (Å²) in [6.45, 7) is 1.75. The van der Waals surface area contributed by atoms with Crippen LogP contribution in [0, 0.1) is 0 Å². The molecule has 0 saturated carbocycles. The Bertz CT molecular complexity index is 830. The molecule has 1 heterocycles. The van der Waals surface area contributed by atoms with E-state index in [1.807, 2.05) is 30.3 Å². The first kappa shape index (κ1) is 16.1. The molecule has 1 atom stereocenters. The van der Waals surface area contributed by atoms with Gasteiger partial charge in [-0.2, -0.15) is 0 Å². The number of nitrogens with zero attached hydrogens (tertiary/aromatic N) is 1. The number of para-hydroxylation sites is 2. The molecule has 122 valence electrons. The Kier molecular flexibility index (Phi) is 4.81. The fourth-order valence-corrected chi connectivity index (χ4v) is 2.91. The summed E-state index contributed by atoms with van der Waals surface area (Å²) < 4.78 is 0. The van der Waals surface area contributed by atoms with Gasteiger partial charge < -0.3 is 4.98 Å². The van der Waals surface area contributed by atoms with Crippen LogP contribution in [-0.4, -0.2) is 27.0 Å². The molecular formula is C17H16N4O2S. The number of benzene rings is 2. The van der Waals surface area contributed by atoms with Gasteiger partial charge in [-0.25, -0.2) is 4.98 Å². The number of hydrazine groups is 1. The summed E-state index contributed by atoms with van der Waals surface area (Å²) in [6.07, 6.45) is 0. The molecule has 2 amide bonds. The molecule has 0 unspecified atom stereocenters. The number of carbonyl (C=O) groups excluding carboxylic acids is 2. The normalized spacial score (nSPS) is 11.9. The molecule has 24 heavy (non-hydrogen) atoms. The maximum absolute atomic E-state index is 12.1. The average molecular weight is 340 g/mol. The molecule has 3 N–H and O–H groups in total. The average Bonchev–Trinajstić information content (AvgIpc) is 3.02. The van der Waals surface area contributed by atoms with Crippen molar-refractivity contribution in [3.8, 4) is 0 Å². The van der Waals surface area contributed by atoms with Crippen molar-refractivity contribution in [1.82, 2.24) is 20.8 Å². The highest BCUT2D eigenvalue weighted by Gasteiger charge is 2.17. The van der Waals surface area contributed by atoms with Gasteiger partial charge in [0.15, 0.2) is 5.16 Å². The van der Waals surface area contributed by atoms with Crippen LogP contribution in [0.3, 0.4) is 0 Å². The van der Waals surface area contributed by atoms with Crippen molar-refractivity contribution >= 4 is 34.6 Å². The fourth-order valence-electron chi connectivity index (χ4n) is 2.09. The lowest BCUT2D eigenvalue weighted by Gasteiger charge is -2.11. The molecule has 0 aliphatic carbocycles. The van der Waals surface area contributed by atoms with Gasteiger partial charge in [-0.1, -0.05) is 42.1 Å². The second-order valence-corrected chi connectivity index (χ2v) is 6.46. The number of thioether (sulfide) groups is 1. The zero-order chi connectivity index (χ0) is 16.9. The van der Waals surface area contributed by atoms with Crippen LogP contribution in [0.1, 0.15) is 17.3 Å². The predicted molar refractivity (Wildman–Crippen MR) is 93.5 cm³/mol. The van der Waals surface area contributed by atoms with Crippen molar-refractivity contribution in [3.05, 3.63) is 60.2 Å². The monoisotopic (exact) mass is 340 g/mol. The van der Waals surface area contributed by atoms with Gasteiger partial charge >= 0.3 is 0 Å². The molecule has 6 nitrogen and oxygen atoms in total. The minimum atomic E-state index is -0.415. The van der Waals surface area contributed by atoms with E-state index < -0.39 is 5.25 Å². The fraction of sp³-hybridized carbons (Fsp3) is 0.118. The first-order chi connectivity index (χ1) is 11.6. The highest BCUT2D eigenvalue weighted by molar-refractivity contribution is 8.00. The van der Waals surface area contributed by atoms with E-state index in [1.54, 1.807) is 31.2 Å². The van der Waals surface area contributed by atoms with Gasteiger partial charge in [-0.15, -0.1) is 0 Å². The molecule has 0 aliphatic heterocycles. The molecule has 0 bridgehead atoms. The van der Waals surface area contributed by atoms with Gasteiger partial charge in [0.2, 0.25) is 0 Å². The van der Waals surface area contributed by atoms with E-state index >= 15 is 0 Å². The van der Waals surface area contributed by atoms with Gasteiger partial charge in [0.1, 0.15) is 0 Å². The molecule has 0 radical (unpaired) electrons. The van der Waals surface area contributed by atoms with Crippen LogP contribution in [-0.2, 0) is 4.79 Å². The number of aromatic nitrogens is 2. The van der Waals surface area contributed by atoms with Gasteiger partial charge in [-0.05, 0) is 31.2 Å². The van der Waals surface area contributed by atoms with Crippen LogP contribution in [0.25, 0.3) is 11.0 Å². The summed E-state index contributed by atoms with van der Waals surface area (Å²) in [4.78, 5) is 31.6. The van der Waals surface area contributed by atoms with Gasteiger partial charge in [-0.3, -0.25) is 20.4 Å². The first-order valence-corrected chi connectivity index (χ1v) is 8.28. The Balaban J connectivity index is 1.55. The number of hydrogen-bond acceptors (Lipinski definition) is 4. The molecule has 7 heteroatoms. The highest BCUT2D eigenvalue weighted by atomic mass is 32.2. The second kappa shape index (κ2) is 7.18. The molecule has 3 rings (SSSR count). The molecule has 0 fully saturated rings. The summed E-state index contributed by atoms with van der Waals surface area (Å²) in [6, 6.07) is 16.4. The Hall–Kier alpha value is -2.80. The second-order valence-electron chi connectivity index (χ2n) is 5.13. The lowest BCUT2D eigenvalue weighted by Crippen LogP contribution is -2.44. The Morgan fingerprint density at radius 2 is 1.75 bits per heavy atom. The Labute approximate surface area is 143 Å². The third kappa shape index (κ3) is 3.75. The van der Waals surface area contributed by atoms with E-state index in [2.05, 4.69) is 20.8 Å². The molecule has 0 saturated heterocycles. The standard InChI is InChI=1S/C17H16N4O2S/c1-11(24-17-18-13-9-5-6-10-14(13)19-17)15(22)20-21-16(23)12-7-3-2-4-8-12/h2-11H,1H3,(H,18,19)(H,20,22)(H,21,23)/t11-/m1/s1. The number of nitrogens with one attached hydrogen (secondary N) is 3. The molecule has 0 aliphatic rings. The number of imidazole rings is 1. The van der Waals surface area contributed by atoms with Crippen LogP contribution in [0.2, 0.25) is 0 Å². The molecule has 3 aromatic rings. The van der Waals surface area contributed by atoms with E-state index in [1.165, 1.54) is 11.8 Å². The van der Waals surface area contributed by atoms with Gasteiger partial charge in [0.05, 0.1) is 16.3 Å². The minimum Gasteiger partial charge on any atom is -0.333 e. The lowest BCUT2D eigenvalue weighted by atomic mass is 10.2. The Morgan fingerprint density at radius 1 is 1.04 bits per heavy atom. The van der Waals surface area contributed by atoms with Crippen molar-refractivity contribution in [3.63, 3.8) is 0 Å². The Morgan fingerprint density at radius 3 is 2.50 bits per heavy atom. The smallest absolute Gasteiger partial charge is 0.269 e. The molecule has 0 spiro atoms. The van der Waals surface area contributed by atoms with Crippen molar-refractivity contribution in [2.45, 2.75) is 17.3 Å². The van der Waals surface area contributed by atoms with Crippen LogP contribution in [0.5, 0.6) is 0 Å². The zero-order valence-corrected chi connectivity index (χ0v) is 13.8. The largest absolute Gasteiger partial charge is 0.333 e. The maximum atomic E-state index is 12.1. The van der Waals surface area contributed by atoms with Crippen LogP contribution < -0.4 is 10.9 Å². The van der Waals surface area contributed by atoms with E-state index in [0.717, 1.165) is 11.0 Å². The first-order valence-electron chi connectivity index (χ1n) is 7.40. The maximum Gasteiger partial charge on any atom is 0.269 e. The summed E-state index contributed by atoms with van der Waals surface area (Å²) >= 11 is 1.29. The summed E-state index contributed by atoms with van der Waals surface area (Å²) in [5, 5.41) is 0.245. The lowest BCUT2D eigenvalue weighted by molar-refractivity contribution is -0.121. The quantitative estimate of drug-likeness (QED) is 0.503. The highest BCUT2D eigenvalue weighted by Crippen LogP contribution is 2.23. The third-order valence-electron chi connectivity index (χ3n) is 3.36. The third-order valence-corrected chi connectivity index (χ3v) is 4.34. The van der Waals surface area contributed by atoms with Crippen LogP contribution in [0.15, 0.2) is 59.8 Å². The van der Waals surface area contributed by atoms with E-state index in [-0.39, 0.29) is 11.8 Å². The number of fused-ring (bicyclic) bond motifs is 1. The molecule has 2 aromatic carbocycles. The zero-order valence-electron chi connectivity index (χ0n) is 12.9. The number of hydrogen-bond donors (Lipinski definition) is 3. The minimum absolute atomic E-state index is 0.301. The van der Waals surface area contributed by atoms with Crippen LogP contribution >= 0.6 is 11.8 Å². The van der Waals surface area contributed by atoms with Crippen molar-refractivity contribution in [2.75, 3.05) is 0 Å². The van der Waals surface area contributed by atoms with Crippen molar-refractivity contribution in [1.29, 1.82) is 0 Å². The van der Waals surface area contributed by atoms with E-state index in [4.69, 9.17) is 0 Å². The topological polar surface area (TPSA) is 86.9 Å². The van der Waals surface area contributed by atoms with E-state index in [0.29, 0.717) is 10.7 Å². The van der Waals surface area contributed by atoms with Gasteiger partial charge in [0.25, 0.3) is 11.8 Å². The predicted octanol–water partition coefficient (Wildman–Crippen LogP) is 2.50. The summed E-state index contributed by atoms with van der Waals surface area (Å²) in [5.74, 6) is -0.658. The number of aromatic amines is 1. The number of amides is 2. The summed E-state index contributed by atoms with van der Waals surface area (Å²) in [5.41, 5.74) is 7.10. The number of rotatable bonds is 4.